The average molecular weight is 358 g/mol. The van der Waals surface area contributed by atoms with Crippen LogP contribution in [0.1, 0.15) is 37.3 Å². The number of carboxylic acid groups (broad SMARTS) is 1. The third-order valence-electron chi connectivity index (χ3n) is 4.00. The summed E-state index contributed by atoms with van der Waals surface area (Å²) in [6.45, 7) is 5.04. The monoisotopic (exact) mass is 358 g/mol. The normalized spacial score (nSPS) is 10.6. The molecule has 0 unspecified atom stereocenters. The van der Waals surface area contributed by atoms with Crippen molar-refractivity contribution in [1.82, 2.24) is 0 Å². The number of hydrogen-bond donors (Lipinski definition) is 1. The van der Waals surface area contributed by atoms with Crippen LogP contribution >= 0.6 is 0 Å². The summed E-state index contributed by atoms with van der Waals surface area (Å²) >= 11 is 0. The lowest BCUT2D eigenvalue weighted by Gasteiger charge is -2.15. The summed E-state index contributed by atoms with van der Waals surface area (Å²) in [5, 5.41) is 8.82. The molecule has 5 nitrogen and oxygen atoms in total. The molecule has 0 fully saturated rings. The van der Waals surface area contributed by atoms with Gasteiger partial charge in [0, 0.05) is 6.42 Å². The molecule has 1 N–H and O–H groups in total. The molecular formula is C21H26O5. The average Bonchev–Trinajstić information content (AvgIpc) is 2.63. The summed E-state index contributed by atoms with van der Waals surface area (Å²) in [5.74, 6) is 1.65. The van der Waals surface area contributed by atoms with Crippen molar-refractivity contribution in [3.63, 3.8) is 0 Å². The third kappa shape index (κ3) is 5.69. The Morgan fingerprint density at radius 1 is 1.00 bits per heavy atom. The van der Waals surface area contributed by atoms with Crippen LogP contribution in [0.2, 0.25) is 0 Å². The fourth-order valence-electron chi connectivity index (χ4n) is 2.63. The highest BCUT2D eigenvalue weighted by Crippen LogP contribution is 2.29. The molecule has 0 aliphatic rings. The Kier molecular flexibility index (Phi) is 7.33. The smallest absolute Gasteiger partial charge is 0.303 e. The van der Waals surface area contributed by atoms with Crippen LogP contribution in [0, 0.1) is 0 Å². The first kappa shape index (κ1) is 19.6. The first-order chi connectivity index (χ1) is 12.5. The summed E-state index contributed by atoms with van der Waals surface area (Å²) in [5.41, 5.74) is 2.06. The zero-order valence-corrected chi connectivity index (χ0v) is 15.5. The van der Waals surface area contributed by atoms with Crippen LogP contribution in [0.4, 0.5) is 0 Å². The standard InChI is InChI=1S/C21H26O5/c1-15(2)17-6-4-5-7-18(17)25-12-13-26-20-14-16(9-11-21(22)23)8-10-19(20)24-3/h4-8,10,14-15H,9,11-13H2,1-3H3,(H,22,23). The van der Waals surface area contributed by atoms with Gasteiger partial charge in [0.1, 0.15) is 19.0 Å². The van der Waals surface area contributed by atoms with Crippen molar-refractivity contribution < 1.29 is 24.1 Å². The summed E-state index contributed by atoms with van der Waals surface area (Å²) in [4.78, 5) is 10.7. The summed E-state index contributed by atoms with van der Waals surface area (Å²) in [6, 6.07) is 13.5. The van der Waals surface area contributed by atoms with E-state index < -0.39 is 5.97 Å². The first-order valence-electron chi connectivity index (χ1n) is 8.74. The van der Waals surface area contributed by atoms with Gasteiger partial charge in [0.05, 0.1) is 7.11 Å². The highest BCUT2D eigenvalue weighted by Gasteiger charge is 2.09. The second kappa shape index (κ2) is 9.70. The number of carbonyl (C=O) groups is 1. The van der Waals surface area contributed by atoms with Crippen LogP contribution in [0.5, 0.6) is 17.2 Å². The van der Waals surface area contributed by atoms with Gasteiger partial charge < -0.3 is 19.3 Å². The number of para-hydroxylation sites is 1. The Bertz CT molecular complexity index is 724. The molecule has 2 aromatic rings. The molecule has 0 atom stereocenters. The van der Waals surface area contributed by atoms with Gasteiger partial charge in [0.15, 0.2) is 11.5 Å². The SMILES string of the molecule is COc1ccc(CCC(=O)O)cc1OCCOc1ccccc1C(C)C. The van der Waals surface area contributed by atoms with Crippen LogP contribution in [0.25, 0.3) is 0 Å². The van der Waals surface area contributed by atoms with Crippen LogP contribution < -0.4 is 14.2 Å². The van der Waals surface area contributed by atoms with E-state index in [1.807, 2.05) is 30.3 Å². The summed E-state index contributed by atoms with van der Waals surface area (Å²) in [6.07, 6.45) is 0.537. The zero-order chi connectivity index (χ0) is 18.9. The summed E-state index contributed by atoms with van der Waals surface area (Å²) in [7, 11) is 1.58. The largest absolute Gasteiger partial charge is 0.493 e. The number of hydrogen-bond acceptors (Lipinski definition) is 4. The van der Waals surface area contributed by atoms with Gasteiger partial charge in [-0.15, -0.1) is 0 Å². The minimum Gasteiger partial charge on any atom is -0.493 e. The van der Waals surface area contributed by atoms with E-state index in [4.69, 9.17) is 19.3 Å². The molecule has 0 aliphatic carbocycles. The maximum absolute atomic E-state index is 10.7. The van der Waals surface area contributed by atoms with E-state index >= 15 is 0 Å². The van der Waals surface area contributed by atoms with Crippen molar-refractivity contribution in [3.05, 3.63) is 53.6 Å². The number of aliphatic carboxylic acids is 1. The lowest BCUT2D eigenvalue weighted by atomic mass is 10.0. The maximum Gasteiger partial charge on any atom is 0.303 e. The van der Waals surface area contributed by atoms with Crippen molar-refractivity contribution in [2.24, 2.45) is 0 Å². The van der Waals surface area contributed by atoms with E-state index in [0.717, 1.165) is 11.3 Å². The predicted octanol–water partition coefficient (Wildman–Crippen LogP) is 4.29. The van der Waals surface area contributed by atoms with Crippen LogP contribution in [0.15, 0.2) is 42.5 Å². The number of carboxylic acids is 1. The lowest BCUT2D eigenvalue weighted by molar-refractivity contribution is -0.136. The van der Waals surface area contributed by atoms with E-state index in [1.54, 1.807) is 13.2 Å². The molecule has 0 bridgehead atoms. The number of methoxy groups -OCH3 is 1. The number of benzene rings is 2. The van der Waals surface area contributed by atoms with Crippen molar-refractivity contribution in [2.75, 3.05) is 20.3 Å². The molecule has 0 amide bonds. The second-order valence-corrected chi connectivity index (χ2v) is 6.27. The number of aryl methyl sites for hydroxylation is 1. The van der Waals surface area contributed by atoms with Gasteiger partial charge in [0.2, 0.25) is 0 Å². The number of ether oxygens (including phenoxy) is 3. The van der Waals surface area contributed by atoms with Crippen LogP contribution in [-0.2, 0) is 11.2 Å². The van der Waals surface area contributed by atoms with Crippen LogP contribution in [0.3, 0.4) is 0 Å². The minimum absolute atomic E-state index is 0.0842. The Labute approximate surface area is 154 Å². The Morgan fingerprint density at radius 2 is 1.69 bits per heavy atom. The molecule has 0 radical (unpaired) electrons. The Morgan fingerprint density at radius 3 is 2.35 bits per heavy atom. The Hall–Kier alpha value is -2.69. The van der Waals surface area contributed by atoms with Gasteiger partial charge in [-0.2, -0.15) is 0 Å². The van der Waals surface area contributed by atoms with Gasteiger partial charge in [-0.05, 0) is 41.7 Å². The van der Waals surface area contributed by atoms with Crippen molar-refractivity contribution in [3.8, 4) is 17.2 Å². The van der Waals surface area contributed by atoms with Crippen LogP contribution in [-0.4, -0.2) is 31.4 Å². The highest BCUT2D eigenvalue weighted by atomic mass is 16.5. The van der Waals surface area contributed by atoms with Gasteiger partial charge in [0.25, 0.3) is 0 Å². The second-order valence-electron chi connectivity index (χ2n) is 6.27. The van der Waals surface area contributed by atoms with E-state index in [9.17, 15) is 4.79 Å². The molecule has 26 heavy (non-hydrogen) atoms. The van der Waals surface area contributed by atoms with Gasteiger partial charge in [-0.3, -0.25) is 4.79 Å². The molecule has 0 saturated heterocycles. The molecule has 5 heteroatoms. The predicted molar refractivity (Wildman–Crippen MR) is 100 cm³/mol. The molecule has 2 aromatic carbocycles. The van der Waals surface area contributed by atoms with Crippen molar-refractivity contribution >= 4 is 5.97 Å². The van der Waals surface area contributed by atoms with Gasteiger partial charge in [-0.1, -0.05) is 38.1 Å². The van der Waals surface area contributed by atoms with Crippen molar-refractivity contribution in [2.45, 2.75) is 32.6 Å². The van der Waals surface area contributed by atoms with E-state index in [2.05, 4.69) is 19.9 Å². The molecule has 0 heterocycles. The quantitative estimate of drug-likeness (QED) is 0.642. The van der Waals surface area contributed by atoms with Crippen molar-refractivity contribution in [1.29, 1.82) is 0 Å². The van der Waals surface area contributed by atoms with E-state index in [-0.39, 0.29) is 6.42 Å². The first-order valence-corrected chi connectivity index (χ1v) is 8.74. The highest BCUT2D eigenvalue weighted by molar-refractivity contribution is 5.67. The lowest BCUT2D eigenvalue weighted by Crippen LogP contribution is -2.11. The maximum atomic E-state index is 10.7. The summed E-state index contributed by atoms with van der Waals surface area (Å²) < 4.78 is 17.0. The van der Waals surface area contributed by atoms with E-state index in [1.165, 1.54) is 5.56 Å². The molecule has 140 valence electrons. The number of rotatable bonds is 10. The zero-order valence-electron chi connectivity index (χ0n) is 15.5. The molecular weight excluding hydrogens is 332 g/mol. The third-order valence-corrected chi connectivity index (χ3v) is 4.00. The minimum atomic E-state index is -0.819. The van der Waals surface area contributed by atoms with Gasteiger partial charge >= 0.3 is 5.97 Å². The molecule has 0 aliphatic heterocycles. The topological polar surface area (TPSA) is 65.0 Å². The fraction of sp³-hybridized carbons (Fsp3) is 0.381. The fourth-order valence-corrected chi connectivity index (χ4v) is 2.63. The molecule has 0 aromatic heterocycles. The Balaban J connectivity index is 1.94. The van der Waals surface area contributed by atoms with Gasteiger partial charge in [-0.25, -0.2) is 0 Å². The molecule has 0 saturated carbocycles. The molecule has 2 rings (SSSR count). The molecule has 0 spiro atoms. The van der Waals surface area contributed by atoms with E-state index in [0.29, 0.717) is 37.1 Å².